The summed E-state index contributed by atoms with van der Waals surface area (Å²) in [5.41, 5.74) is 0.925. The SMILES string of the molecule is Cc1ccc(C(=O)N2CCN(c3cc(OCC(C)C)ncn3)CC2)cc1F. The second kappa shape index (κ2) is 8.33. The number of aryl methyl sites for hydroxylation is 1. The minimum Gasteiger partial charge on any atom is -0.477 e. The maximum atomic E-state index is 13.7. The van der Waals surface area contributed by atoms with E-state index in [4.69, 9.17) is 4.74 Å². The number of benzene rings is 1. The van der Waals surface area contributed by atoms with Gasteiger partial charge in [0.2, 0.25) is 5.88 Å². The fourth-order valence-electron chi connectivity index (χ4n) is 2.88. The van der Waals surface area contributed by atoms with Crippen LogP contribution in [0.5, 0.6) is 5.88 Å². The topological polar surface area (TPSA) is 58.6 Å². The molecule has 1 aromatic carbocycles. The molecule has 1 fully saturated rings. The molecule has 0 spiro atoms. The van der Waals surface area contributed by atoms with Crippen LogP contribution < -0.4 is 9.64 Å². The van der Waals surface area contributed by atoms with Gasteiger partial charge in [0, 0.05) is 37.8 Å². The van der Waals surface area contributed by atoms with Crippen molar-refractivity contribution < 1.29 is 13.9 Å². The van der Waals surface area contributed by atoms with Gasteiger partial charge in [0.1, 0.15) is 18.0 Å². The van der Waals surface area contributed by atoms with Gasteiger partial charge in [-0.2, -0.15) is 0 Å². The molecule has 0 saturated carbocycles. The predicted molar refractivity (Wildman–Crippen MR) is 102 cm³/mol. The summed E-state index contributed by atoms with van der Waals surface area (Å²) < 4.78 is 19.4. The minimum atomic E-state index is -0.352. The maximum absolute atomic E-state index is 13.7. The second-order valence-electron chi connectivity index (χ2n) is 7.16. The Morgan fingerprint density at radius 3 is 2.59 bits per heavy atom. The Bertz CT molecular complexity index is 804. The highest BCUT2D eigenvalue weighted by molar-refractivity contribution is 5.94. The number of nitrogens with zero attached hydrogens (tertiary/aromatic N) is 4. The van der Waals surface area contributed by atoms with E-state index in [0.29, 0.717) is 55.7 Å². The number of piperazine rings is 1. The quantitative estimate of drug-likeness (QED) is 0.808. The zero-order chi connectivity index (χ0) is 19.4. The first-order valence-electron chi connectivity index (χ1n) is 9.19. The first kappa shape index (κ1) is 19.1. The monoisotopic (exact) mass is 372 g/mol. The summed E-state index contributed by atoms with van der Waals surface area (Å²) in [6.45, 7) is 8.87. The molecule has 1 saturated heterocycles. The van der Waals surface area contributed by atoms with E-state index in [1.807, 2.05) is 6.07 Å². The molecule has 1 aliphatic rings. The molecule has 1 amide bonds. The first-order chi connectivity index (χ1) is 12.9. The normalized spacial score (nSPS) is 14.6. The van der Waals surface area contributed by atoms with E-state index in [0.717, 1.165) is 5.82 Å². The average Bonchev–Trinajstić information content (AvgIpc) is 2.68. The smallest absolute Gasteiger partial charge is 0.254 e. The third-order valence-electron chi connectivity index (χ3n) is 4.50. The minimum absolute atomic E-state index is 0.141. The van der Waals surface area contributed by atoms with Gasteiger partial charge in [-0.15, -0.1) is 0 Å². The average molecular weight is 372 g/mol. The van der Waals surface area contributed by atoms with Crippen LogP contribution in [0.2, 0.25) is 0 Å². The molecule has 3 rings (SSSR count). The molecule has 0 aliphatic carbocycles. The largest absolute Gasteiger partial charge is 0.477 e. The summed E-state index contributed by atoms with van der Waals surface area (Å²) in [7, 11) is 0. The lowest BCUT2D eigenvalue weighted by molar-refractivity contribution is 0.0746. The Morgan fingerprint density at radius 2 is 1.93 bits per heavy atom. The molecule has 1 aromatic heterocycles. The van der Waals surface area contributed by atoms with Crippen molar-refractivity contribution >= 4 is 11.7 Å². The molecular formula is C20H25FN4O2. The Balaban J connectivity index is 1.60. The van der Waals surface area contributed by atoms with Crippen LogP contribution in [-0.2, 0) is 0 Å². The molecule has 144 valence electrons. The van der Waals surface area contributed by atoms with Crippen LogP contribution in [0, 0.1) is 18.7 Å². The first-order valence-corrected chi connectivity index (χ1v) is 9.19. The lowest BCUT2D eigenvalue weighted by Gasteiger charge is -2.35. The molecule has 0 N–H and O–H groups in total. The van der Waals surface area contributed by atoms with Crippen LogP contribution in [0.1, 0.15) is 29.8 Å². The van der Waals surface area contributed by atoms with Gasteiger partial charge >= 0.3 is 0 Å². The lowest BCUT2D eigenvalue weighted by atomic mass is 10.1. The molecule has 0 bridgehead atoms. The molecule has 1 aliphatic heterocycles. The summed E-state index contributed by atoms with van der Waals surface area (Å²) in [5.74, 6) is 1.27. The van der Waals surface area contributed by atoms with Crippen molar-refractivity contribution in [1.82, 2.24) is 14.9 Å². The number of aromatic nitrogens is 2. The third kappa shape index (κ3) is 4.72. The van der Waals surface area contributed by atoms with Gasteiger partial charge in [-0.3, -0.25) is 4.79 Å². The van der Waals surface area contributed by atoms with Gasteiger partial charge in [-0.1, -0.05) is 19.9 Å². The number of hydrogen-bond acceptors (Lipinski definition) is 5. The number of halogens is 1. The van der Waals surface area contributed by atoms with Crippen LogP contribution in [0.3, 0.4) is 0 Å². The standard InChI is InChI=1S/C20H25FN4O2/c1-14(2)12-27-19-11-18(22-13-23-19)24-6-8-25(9-7-24)20(26)16-5-4-15(3)17(21)10-16/h4-5,10-11,13-14H,6-9,12H2,1-3H3. The van der Waals surface area contributed by atoms with Crippen molar-refractivity contribution in [3.05, 3.63) is 47.5 Å². The van der Waals surface area contributed by atoms with Crippen molar-refractivity contribution in [3.8, 4) is 5.88 Å². The van der Waals surface area contributed by atoms with Crippen molar-refractivity contribution in [2.45, 2.75) is 20.8 Å². The number of rotatable bonds is 5. The Hall–Kier alpha value is -2.70. The second-order valence-corrected chi connectivity index (χ2v) is 7.16. The molecular weight excluding hydrogens is 347 g/mol. The van der Waals surface area contributed by atoms with E-state index in [2.05, 4.69) is 28.7 Å². The van der Waals surface area contributed by atoms with E-state index in [-0.39, 0.29) is 11.7 Å². The highest BCUT2D eigenvalue weighted by Crippen LogP contribution is 2.19. The summed E-state index contributed by atoms with van der Waals surface area (Å²) >= 11 is 0. The molecule has 2 aromatic rings. The van der Waals surface area contributed by atoms with Crippen LogP contribution in [0.25, 0.3) is 0 Å². The van der Waals surface area contributed by atoms with Gasteiger partial charge < -0.3 is 14.5 Å². The molecule has 0 unspecified atom stereocenters. The summed E-state index contributed by atoms with van der Waals surface area (Å²) in [6, 6.07) is 6.45. The highest BCUT2D eigenvalue weighted by Gasteiger charge is 2.23. The van der Waals surface area contributed by atoms with Crippen LogP contribution in [0.15, 0.2) is 30.6 Å². The van der Waals surface area contributed by atoms with Gasteiger partial charge in [0.15, 0.2) is 0 Å². The van der Waals surface area contributed by atoms with E-state index < -0.39 is 0 Å². The molecule has 0 radical (unpaired) electrons. The van der Waals surface area contributed by atoms with Crippen LogP contribution in [0.4, 0.5) is 10.2 Å². The van der Waals surface area contributed by atoms with E-state index >= 15 is 0 Å². The number of ether oxygens (including phenoxy) is 1. The van der Waals surface area contributed by atoms with Crippen molar-refractivity contribution in [2.24, 2.45) is 5.92 Å². The number of hydrogen-bond donors (Lipinski definition) is 0. The Morgan fingerprint density at radius 1 is 1.19 bits per heavy atom. The van der Waals surface area contributed by atoms with Crippen molar-refractivity contribution in [2.75, 3.05) is 37.7 Å². The summed E-state index contributed by atoms with van der Waals surface area (Å²) in [5, 5.41) is 0. The summed E-state index contributed by atoms with van der Waals surface area (Å²) in [4.78, 5) is 24.9. The van der Waals surface area contributed by atoms with Crippen molar-refractivity contribution in [3.63, 3.8) is 0 Å². The predicted octanol–water partition coefficient (Wildman–Crippen LogP) is 2.92. The molecule has 27 heavy (non-hydrogen) atoms. The number of carbonyl (C=O) groups excluding carboxylic acids is 1. The fourth-order valence-corrected chi connectivity index (χ4v) is 2.88. The van der Waals surface area contributed by atoms with Gasteiger partial charge in [-0.25, -0.2) is 14.4 Å². The molecule has 0 atom stereocenters. The van der Waals surface area contributed by atoms with E-state index in [1.54, 1.807) is 24.0 Å². The van der Waals surface area contributed by atoms with Crippen molar-refractivity contribution in [1.29, 1.82) is 0 Å². The van der Waals surface area contributed by atoms with Gasteiger partial charge in [-0.05, 0) is 30.5 Å². The van der Waals surface area contributed by atoms with Crippen LogP contribution in [-0.4, -0.2) is 53.6 Å². The fraction of sp³-hybridized carbons (Fsp3) is 0.450. The van der Waals surface area contributed by atoms with Crippen LogP contribution >= 0.6 is 0 Å². The van der Waals surface area contributed by atoms with Gasteiger partial charge in [0.05, 0.1) is 6.61 Å². The zero-order valence-corrected chi connectivity index (χ0v) is 16.0. The zero-order valence-electron chi connectivity index (χ0n) is 16.0. The number of anilines is 1. The third-order valence-corrected chi connectivity index (χ3v) is 4.50. The van der Waals surface area contributed by atoms with Gasteiger partial charge in [0.25, 0.3) is 5.91 Å². The summed E-state index contributed by atoms with van der Waals surface area (Å²) in [6.07, 6.45) is 1.50. The Labute approximate surface area is 159 Å². The lowest BCUT2D eigenvalue weighted by Crippen LogP contribution is -2.49. The highest BCUT2D eigenvalue weighted by atomic mass is 19.1. The molecule has 2 heterocycles. The van der Waals surface area contributed by atoms with E-state index in [9.17, 15) is 9.18 Å². The number of carbonyl (C=O) groups is 1. The molecule has 6 nitrogen and oxygen atoms in total. The Kier molecular flexibility index (Phi) is 5.88. The van der Waals surface area contributed by atoms with E-state index in [1.165, 1.54) is 12.4 Å². The molecule has 7 heteroatoms. The maximum Gasteiger partial charge on any atom is 0.254 e. The number of amides is 1.